The van der Waals surface area contributed by atoms with Gasteiger partial charge in [-0.05, 0) is 74.2 Å². The van der Waals surface area contributed by atoms with E-state index in [4.69, 9.17) is 4.98 Å². The number of benzene rings is 2. The van der Waals surface area contributed by atoms with Gasteiger partial charge in [0.1, 0.15) is 5.75 Å². The number of hydrogen-bond acceptors (Lipinski definition) is 6. The summed E-state index contributed by atoms with van der Waals surface area (Å²) in [5.74, 6) is 0.00433. The van der Waals surface area contributed by atoms with Gasteiger partial charge in [-0.1, -0.05) is 12.1 Å². The van der Waals surface area contributed by atoms with Gasteiger partial charge in [-0.15, -0.1) is 13.2 Å². The second-order valence-corrected chi connectivity index (χ2v) is 9.66. The van der Waals surface area contributed by atoms with E-state index in [1.54, 1.807) is 17.3 Å². The number of amides is 1. The molecule has 2 aromatic heterocycles. The van der Waals surface area contributed by atoms with Crippen LogP contribution in [0.1, 0.15) is 36.6 Å². The molecule has 3 heterocycles. The number of carbonyl (C=O) groups is 1. The van der Waals surface area contributed by atoms with Crippen molar-refractivity contribution in [3.63, 3.8) is 0 Å². The van der Waals surface area contributed by atoms with Crippen LogP contribution in [0.2, 0.25) is 0 Å². The average Bonchev–Trinajstić information content (AvgIpc) is 3.53. The molecule has 202 valence electrons. The Balaban J connectivity index is 1.27. The first-order valence-corrected chi connectivity index (χ1v) is 12.5. The van der Waals surface area contributed by atoms with Crippen LogP contribution in [-0.2, 0) is 17.6 Å². The van der Waals surface area contributed by atoms with Gasteiger partial charge in [0.05, 0.1) is 18.3 Å². The predicted molar refractivity (Wildman–Crippen MR) is 141 cm³/mol. The van der Waals surface area contributed by atoms with Crippen LogP contribution >= 0.6 is 0 Å². The minimum Gasteiger partial charge on any atom is -0.406 e. The summed E-state index contributed by atoms with van der Waals surface area (Å²) in [6, 6.07) is 11.3. The highest BCUT2D eigenvalue weighted by Gasteiger charge is 2.31. The fourth-order valence-electron chi connectivity index (χ4n) is 4.48. The van der Waals surface area contributed by atoms with Crippen molar-refractivity contribution >= 4 is 23.2 Å². The molecule has 1 amide bonds. The van der Waals surface area contributed by atoms with Crippen LogP contribution in [0.5, 0.6) is 5.75 Å². The molecule has 0 aliphatic carbocycles. The van der Waals surface area contributed by atoms with E-state index in [-0.39, 0.29) is 24.1 Å². The number of aryl methyl sites for hydroxylation is 1. The van der Waals surface area contributed by atoms with Crippen molar-refractivity contribution in [2.45, 2.75) is 46.0 Å². The first-order chi connectivity index (χ1) is 18.6. The van der Waals surface area contributed by atoms with Crippen LogP contribution in [0.25, 0.3) is 11.3 Å². The van der Waals surface area contributed by atoms with Crippen molar-refractivity contribution in [2.75, 3.05) is 16.8 Å². The van der Waals surface area contributed by atoms with Crippen LogP contribution in [0.3, 0.4) is 0 Å². The Hall–Kier alpha value is -4.41. The topological polar surface area (TPSA) is 85.2 Å². The number of hydrogen-bond donors (Lipinski definition) is 1. The van der Waals surface area contributed by atoms with Crippen molar-refractivity contribution in [3.8, 4) is 17.0 Å². The van der Waals surface area contributed by atoms with Gasteiger partial charge >= 0.3 is 6.36 Å². The summed E-state index contributed by atoms with van der Waals surface area (Å²) in [5.41, 5.74) is 5.88. The molecule has 0 bridgehead atoms. The summed E-state index contributed by atoms with van der Waals surface area (Å²) >= 11 is 0. The van der Waals surface area contributed by atoms with E-state index in [0.29, 0.717) is 24.5 Å². The zero-order valence-electron chi connectivity index (χ0n) is 21.7. The van der Waals surface area contributed by atoms with Gasteiger partial charge in [0.2, 0.25) is 11.9 Å². The van der Waals surface area contributed by atoms with Gasteiger partial charge in [-0.2, -0.15) is 5.10 Å². The highest BCUT2D eigenvalue weighted by atomic mass is 19.4. The maximum Gasteiger partial charge on any atom is 0.573 e. The zero-order chi connectivity index (χ0) is 27.7. The molecular formula is C28H27F3N6O2. The average molecular weight is 537 g/mol. The Kier molecular flexibility index (Phi) is 6.98. The number of anilines is 3. The molecule has 0 atom stereocenters. The Morgan fingerprint density at radius 1 is 1.13 bits per heavy atom. The van der Waals surface area contributed by atoms with Crippen molar-refractivity contribution in [2.24, 2.45) is 0 Å². The Bertz CT molecular complexity index is 1500. The first kappa shape index (κ1) is 26.2. The second-order valence-electron chi connectivity index (χ2n) is 9.66. The van der Waals surface area contributed by atoms with Crippen molar-refractivity contribution in [1.82, 2.24) is 19.7 Å². The number of halogens is 3. The summed E-state index contributed by atoms with van der Waals surface area (Å²) in [4.78, 5) is 23.8. The van der Waals surface area contributed by atoms with Crippen molar-refractivity contribution in [1.29, 1.82) is 0 Å². The monoisotopic (exact) mass is 536 g/mol. The molecule has 0 saturated heterocycles. The third-order valence-electron chi connectivity index (χ3n) is 6.42. The molecule has 0 radical (unpaired) electrons. The number of nitrogens with one attached hydrogen (secondary N) is 1. The minimum absolute atomic E-state index is 0.0686. The maximum absolute atomic E-state index is 13.0. The van der Waals surface area contributed by atoms with Crippen LogP contribution in [0, 0.1) is 6.92 Å². The molecule has 8 nitrogen and oxygen atoms in total. The van der Waals surface area contributed by atoms with E-state index < -0.39 is 6.36 Å². The van der Waals surface area contributed by atoms with E-state index in [0.717, 1.165) is 33.8 Å². The molecule has 1 N–H and O–H groups in total. The predicted octanol–water partition coefficient (Wildman–Crippen LogP) is 6.00. The summed E-state index contributed by atoms with van der Waals surface area (Å²) in [5, 5.41) is 7.67. The first-order valence-electron chi connectivity index (χ1n) is 12.5. The fourth-order valence-corrected chi connectivity index (χ4v) is 4.48. The molecule has 39 heavy (non-hydrogen) atoms. The molecule has 1 aliphatic rings. The van der Waals surface area contributed by atoms with Gasteiger partial charge in [-0.25, -0.2) is 9.97 Å². The lowest BCUT2D eigenvalue weighted by molar-refractivity contribution is -0.274. The molecule has 5 rings (SSSR count). The van der Waals surface area contributed by atoms with Crippen molar-refractivity contribution in [3.05, 3.63) is 77.7 Å². The Labute approximate surface area is 223 Å². The largest absolute Gasteiger partial charge is 0.573 e. The number of aromatic nitrogens is 4. The molecule has 0 unspecified atom stereocenters. The quantitative estimate of drug-likeness (QED) is 0.312. The number of fused-ring (bicyclic) bond motifs is 1. The number of ether oxygens (including phenoxy) is 1. The van der Waals surface area contributed by atoms with Gasteiger partial charge in [0.15, 0.2) is 0 Å². The van der Waals surface area contributed by atoms with Crippen LogP contribution in [-0.4, -0.2) is 38.6 Å². The third-order valence-corrected chi connectivity index (χ3v) is 6.42. The highest BCUT2D eigenvalue weighted by molar-refractivity contribution is 5.97. The lowest BCUT2D eigenvalue weighted by Crippen LogP contribution is -2.30. The van der Waals surface area contributed by atoms with E-state index in [1.807, 2.05) is 36.0 Å². The minimum atomic E-state index is -4.75. The normalized spacial score (nSPS) is 13.1. The van der Waals surface area contributed by atoms with Gasteiger partial charge < -0.3 is 15.0 Å². The summed E-state index contributed by atoms with van der Waals surface area (Å²) in [7, 11) is 0. The van der Waals surface area contributed by atoms with Gasteiger partial charge in [-0.3, -0.25) is 9.48 Å². The van der Waals surface area contributed by atoms with E-state index >= 15 is 0 Å². The van der Waals surface area contributed by atoms with Gasteiger partial charge in [0.25, 0.3) is 0 Å². The number of alkyl halides is 3. The summed E-state index contributed by atoms with van der Waals surface area (Å²) in [6.07, 6.45) is 1.53. The second kappa shape index (κ2) is 10.4. The van der Waals surface area contributed by atoms with E-state index in [2.05, 4.69) is 34.0 Å². The Morgan fingerprint density at radius 2 is 1.90 bits per heavy atom. The number of rotatable bonds is 7. The SMILES string of the molecule is Cc1cnc(Nc2ccc3c(c2)CCN3C(=O)Cc2ccc(OC(F)(F)F)cc2)nc1-c1cnn(C(C)C)c1. The van der Waals surface area contributed by atoms with Crippen molar-refractivity contribution < 1.29 is 22.7 Å². The lowest BCUT2D eigenvalue weighted by Gasteiger charge is -2.18. The van der Waals surface area contributed by atoms with Crippen LogP contribution < -0.4 is 15.0 Å². The summed E-state index contributed by atoms with van der Waals surface area (Å²) in [6.45, 7) is 6.61. The number of nitrogens with zero attached hydrogens (tertiary/aromatic N) is 5. The van der Waals surface area contributed by atoms with Crippen LogP contribution in [0.15, 0.2) is 61.1 Å². The molecule has 11 heteroatoms. The third kappa shape index (κ3) is 6.02. The molecule has 0 spiro atoms. The van der Waals surface area contributed by atoms with E-state index in [9.17, 15) is 18.0 Å². The molecule has 2 aromatic carbocycles. The smallest absolute Gasteiger partial charge is 0.406 e. The molecule has 4 aromatic rings. The molecule has 0 saturated carbocycles. The standard InChI is InChI=1S/C28H27F3N6O2/c1-17(2)37-16-21(15-33-37)26-18(3)14-32-27(35-26)34-22-6-9-24-20(13-22)10-11-36(24)25(38)12-19-4-7-23(8-5-19)39-28(29,30)31/h4-9,13-17H,10-12H2,1-3H3,(H,32,34,35). The summed E-state index contributed by atoms with van der Waals surface area (Å²) < 4.78 is 42.9. The lowest BCUT2D eigenvalue weighted by atomic mass is 10.1. The van der Waals surface area contributed by atoms with Crippen LogP contribution in [0.4, 0.5) is 30.5 Å². The molecule has 0 fully saturated rings. The molecular weight excluding hydrogens is 509 g/mol. The zero-order valence-corrected chi connectivity index (χ0v) is 21.7. The highest BCUT2D eigenvalue weighted by Crippen LogP contribution is 2.32. The van der Waals surface area contributed by atoms with Gasteiger partial charge in [0, 0.05) is 41.9 Å². The fraction of sp³-hybridized carbons (Fsp3) is 0.286. The molecule has 1 aliphatic heterocycles. The Morgan fingerprint density at radius 3 is 2.59 bits per heavy atom. The van der Waals surface area contributed by atoms with E-state index in [1.165, 1.54) is 24.3 Å². The maximum atomic E-state index is 13.0. The number of carbonyl (C=O) groups excluding carboxylic acids is 1.